The maximum atomic E-state index is 4.65. The van der Waals surface area contributed by atoms with Gasteiger partial charge in [-0.1, -0.05) is 32.9 Å². The zero-order valence-electron chi connectivity index (χ0n) is 13.3. The van der Waals surface area contributed by atoms with Crippen LogP contribution in [0.3, 0.4) is 0 Å². The minimum absolute atomic E-state index is 0.112. The molecule has 3 heteroatoms. The molecule has 0 aliphatic heterocycles. The lowest BCUT2D eigenvalue weighted by atomic mass is 9.81. The Hall–Kier alpha value is -2.16. The van der Waals surface area contributed by atoms with Gasteiger partial charge in [0.15, 0.2) is 0 Å². The Labute approximate surface area is 125 Å². The van der Waals surface area contributed by atoms with Gasteiger partial charge in [0, 0.05) is 30.4 Å². The van der Waals surface area contributed by atoms with Crippen LogP contribution in [0.1, 0.15) is 31.9 Å². The highest BCUT2D eigenvalue weighted by Crippen LogP contribution is 2.33. The summed E-state index contributed by atoms with van der Waals surface area (Å²) in [5, 5.41) is 6.70. The topological polar surface area (TPSA) is 30.7 Å². The molecule has 3 nitrogen and oxygen atoms in total. The number of benzene rings is 1. The molecule has 0 radical (unpaired) electrons. The second-order valence-corrected chi connectivity index (χ2v) is 6.70. The van der Waals surface area contributed by atoms with Crippen LogP contribution in [0, 0.1) is 6.92 Å². The number of pyridine rings is 1. The lowest BCUT2D eigenvalue weighted by Crippen LogP contribution is -2.13. The molecule has 3 aromatic rings. The molecule has 21 heavy (non-hydrogen) atoms. The van der Waals surface area contributed by atoms with Gasteiger partial charge in [0.05, 0.1) is 11.9 Å². The van der Waals surface area contributed by atoms with E-state index in [9.17, 15) is 0 Å². The predicted octanol–water partition coefficient (Wildman–Crippen LogP) is 4.24. The molecule has 108 valence electrons. The van der Waals surface area contributed by atoms with Crippen molar-refractivity contribution in [2.75, 3.05) is 0 Å². The fourth-order valence-corrected chi connectivity index (χ4v) is 3.04. The first kappa shape index (κ1) is 13.8. The molecule has 1 aromatic carbocycles. The lowest BCUT2D eigenvalue weighted by molar-refractivity contribution is 0.592. The summed E-state index contributed by atoms with van der Waals surface area (Å²) in [5.41, 5.74) is 4.84. The zero-order valence-corrected chi connectivity index (χ0v) is 13.3. The Bertz CT molecular complexity index is 807. The molecule has 0 saturated heterocycles. The molecule has 3 rings (SSSR count). The zero-order chi connectivity index (χ0) is 15.2. The molecule has 0 atom stereocenters. The molecule has 0 spiro atoms. The first-order chi connectivity index (χ1) is 9.86. The van der Waals surface area contributed by atoms with E-state index in [1.807, 2.05) is 25.6 Å². The van der Waals surface area contributed by atoms with Gasteiger partial charge in [-0.15, -0.1) is 0 Å². The van der Waals surface area contributed by atoms with Crippen LogP contribution in [-0.2, 0) is 12.5 Å². The van der Waals surface area contributed by atoms with Gasteiger partial charge in [-0.3, -0.25) is 9.67 Å². The number of fused-ring (bicyclic) bond motifs is 1. The third-order valence-corrected chi connectivity index (χ3v) is 3.86. The van der Waals surface area contributed by atoms with E-state index in [-0.39, 0.29) is 5.41 Å². The van der Waals surface area contributed by atoms with Gasteiger partial charge in [0.25, 0.3) is 0 Å². The number of aromatic nitrogens is 3. The molecule has 0 saturated carbocycles. The maximum absolute atomic E-state index is 4.65. The Morgan fingerprint density at radius 1 is 1.10 bits per heavy atom. The van der Waals surface area contributed by atoms with Crippen LogP contribution in [0.15, 0.2) is 36.8 Å². The molecule has 2 heterocycles. The molecule has 0 unspecified atom stereocenters. The molecule has 0 aliphatic rings. The highest BCUT2D eigenvalue weighted by Gasteiger charge is 2.19. The summed E-state index contributed by atoms with van der Waals surface area (Å²) in [6.45, 7) is 8.94. The molecule has 0 fully saturated rings. The third-order valence-electron chi connectivity index (χ3n) is 3.86. The van der Waals surface area contributed by atoms with Crippen LogP contribution in [0.4, 0.5) is 0 Å². The van der Waals surface area contributed by atoms with E-state index < -0.39 is 0 Å². The second kappa shape index (κ2) is 4.69. The van der Waals surface area contributed by atoms with Gasteiger partial charge in [0.1, 0.15) is 0 Å². The Balaban J connectivity index is 2.23. The van der Waals surface area contributed by atoms with E-state index in [2.05, 4.69) is 56.0 Å². The standard InChI is InChI=1S/C18H21N3/c1-12-6-7-13-8-16(14-9-20-21(5)11-14)19-10-15(13)17(12)18(2,3)4/h6-11H,1-5H3. The van der Waals surface area contributed by atoms with Crippen molar-refractivity contribution in [1.82, 2.24) is 14.8 Å². The van der Waals surface area contributed by atoms with Gasteiger partial charge in [-0.05, 0) is 34.9 Å². The summed E-state index contributed by atoms with van der Waals surface area (Å²) in [7, 11) is 1.92. The largest absolute Gasteiger partial charge is 0.275 e. The normalized spacial score (nSPS) is 12.0. The van der Waals surface area contributed by atoms with E-state index in [4.69, 9.17) is 0 Å². The van der Waals surface area contributed by atoms with Crippen LogP contribution < -0.4 is 0 Å². The Kier molecular flexibility index (Phi) is 3.08. The Morgan fingerprint density at radius 2 is 1.86 bits per heavy atom. The van der Waals surface area contributed by atoms with Crippen molar-refractivity contribution in [3.63, 3.8) is 0 Å². The van der Waals surface area contributed by atoms with E-state index in [1.54, 1.807) is 4.68 Å². The summed E-state index contributed by atoms with van der Waals surface area (Å²) < 4.78 is 1.80. The van der Waals surface area contributed by atoms with Crippen molar-refractivity contribution >= 4 is 10.8 Å². The highest BCUT2D eigenvalue weighted by molar-refractivity contribution is 5.89. The molecular formula is C18H21N3. The van der Waals surface area contributed by atoms with Gasteiger partial charge in [0.2, 0.25) is 0 Å². The van der Waals surface area contributed by atoms with Gasteiger partial charge >= 0.3 is 0 Å². The summed E-state index contributed by atoms with van der Waals surface area (Å²) in [6.07, 6.45) is 5.85. The van der Waals surface area contributed by atoms with Crippen molar-refractivity contribution in [1.29, 1.82) is 0 Å². The molecule has 0 amide bonds. The van der Waals surface area contributed by atoms with E-state index >= 15 is 0 Å². The summed E-state index contributed by atoms with van der Waals surface area (Å²) in [4.78, 5) is 4.65. The van der Waals surface area contributed by atoms with Crippen LogP contribution >= 0.6 is 0 Å². The van der Waals surface area contributed by atoms with Crippen molar-refractivity contribution in [3.05, 3.63) is 47.9 Å². The monoisotopic (exact) mass is 279 g/mol. The van der Waals surface area contributed by atoms with Gasteiger partial charge < -0.3 is 0 Å². The van der Waals surface area contributed by atoms with Crippen LogP contribution in [0.25, 0.3) is 22.0 Å². The fraction of sp³-hybridized carbons (Fsp3) is 0.333. The Morgan fingerprint density at radius 3 is 2.48 bits per heavy atom. The van der Waals surface area contributed by atoms with E-state index in [0.29, 0.717) is 0 Å². The average Bonchev–Trinajstić information content (AvgIpc) is 2.83. The molecule has 0 bridgehead atoms. The number of aryl methyl sites for hydroxylation is 2. The minimum Gasteiger partial charge on any atom is -0.275 e. The van der Waals surface area contributed by atoms with Gasteiger partial charge in [-0.25, -0.2) is 0 Å². The predicted molar refractivity (Wildman–Crippen MR) is 87.4 cm³/mol. The maximum Gasteiger partial charge on any atom is 0.0739 e. The minimum atomic E-state index is 0.112. The van der Waals surface area contributed by atoms with Gasteiger partial charge in [-0.2, -0.15) is 5.10 Å². The first-order valence-electron chi connectivity index (χ1n) is 7.25. The molecule has 0 aliphatic carbocycles. The van der Waals surface area contributed by atoms with Crippen LogP contribution in [-0.4, -0.2) is 14.8 Å². The van der Waals surface area contributed by atoms with Crippen molar-refractivity contribution < 1.29 is 0 Å². The highest BCUT2D eigenvalue weighted by atomic mass is 15.2. The van der Waals surface area contributed by atoms with Crippen molar-refractivity contribution in [3.8, 4) is 11.3 Å². The molecule has 2 aromatic heterocycles. The number of rotatable bonds is 1. The first-order valence-corrected chi connectivity index (χ1v) is 7.25. The van der Waals surface area contributed by atoms with Crippen LogP contribution in [0.5, 0.6) is 0 Å². The number of hydrogen-bond acceptors (Lipinski definition) is 2. The summed E-state index contributed by atoms with van der Waals surface area (Å²) in [6, 6.07) is 6.54. The SMILES string of the molecule is Cc1ccc2cc(-c3cnn(C)c3)ncc2c1C(C)(C)C. The average molecular weight is 279 g/mol. The van der Waals surface area contributed by atoms with Crippen molar-refractivity contribution in [2.24, 2.45) is 7.05 Å². The summed E-state index contributed by atoms with van der Waals surface area (Å²) in [5.74, 6) is 0. The third kappa shape index (κ3) is 2.44. The molecule has 0 N–H and O–H groups in total. The number of hydrogen-bond donors (Lipinski definition) is 0. The quantitative estimate of drug-likeness (QED) is 0.667. The van der Waals surface area contributed by atoms with E-state index in [0.717, 1.165) is 11.3 Å². The summed E-state index contributed by atoms with van der Waals surface area (Å²) >= 11 is 0. The lowest BCUT2D eigenvalue weighted by Gasteiger charge is -2.24. The van der Waals surface area contributed by atoms with E-state index in [1.165, 1.54) is 21.9 Å². The van der Waals surface area contributed by atoms with Crippen molar-refractivity contribution in [2.45, 2.75) is 33.1 Å². The second-order valence-electron chi connectivity index (χ2n) is 6.70. The fourth-order valence-electron chi connectivity index (χ4n) is 3.04. The number of nitrogens with zero attached hydrogens (tertiary/aromatic N) is 3. The van der Waals surface area contributed by atoms with Crippen LogP contribution in [0.2, 0.25) is 0 Å². The molecular weight excluding hydrogens is 258 g/mol. The smallest absolute Gasteiger partial charge is 0.0739 e.